The number of pyridine rings is 1. The highest BCUT2D eigenvalue weighted by molar-refractivity contribution is 7.18. The maximum atomic E-state index is 12.9. The molecule has 2 aromatic carbocycles. The number of methoxy groups -OCH3 is 1. The van der Waals surface area contributed by atoms with E-state index in [1.807, 2.05) is 30.3 Å². The van der Waals surface area contributed by atoms with Gasteiger partial charge in [0.1, 0.15) is 11.1 Å². The molecule has 1 N–H and O–H groups in total. The molecular formula is C28H29N5O3S. The topological polar surface area (TPSA) is 89.5 Å². The van der Waals surface area contributed by atoms with Gasteiger partial charge in [-0.05, 0) is 61.8 Å². The Labute approximate surface area is 220 Å². The van der Waals surface area contributed by atoms with Crippen molar-refractivity contribution in [1.82, 2.24) is 20.1 Å². The van der Waals surface area contributed by atoms with Crippen LogP contribution in [0.2, 0.25) is 0 Å². The third kappa shape index (κ3) is 6.31. The first-order valence-electron chi connectivity index (χ1n) is 12.4. The van der Waals surface area contributed by atoms with Crippen LogP contribution in [0.5, 0.6) is 11.5 Å². The van der Waals surface area contributed by atoms with Gasteiger partial charge in [-0.25, -0.2) is 0 Å². The minimum Gasteiger partial charge on any atom is -0.493 e. The highest BCUT2D eigenvalue weighted by atomic mass is 32.1. The van der Waals surface area contributed by atoms with Crippen LogP contribution in [-0.2, 0) is 0 Å². The van der Waals surface area contributed by atoms with E-state index in [1.54, 1.807) is 37.7 Å². The van der Waals surface area contributed by atoms with E-state index < -0.39 is 0 Å². The zero-order valence-corrected chi connectivity index (χ0v) is 21.5. The van der Waals surface area contributed by atoms with Gasteiger partial charge in [0.25, 0.3) is 5.91 Å². The van der Waals surface area contributed by atoms with Crippen LogP contribution < -0.4 is 14.8 Å². The number of likely N-dealkylation sites (tertiary alicyclic amines) is 1. The van der Waals surface area contributed by atoms with E-state index in [9.17, 15) is 4.79 Å². The molecule has 5 rings (SSSR count). The van der Waals surface area contributed by atoms with Crippen molar-refractivity contribution in [3.8, 4) is 22.1 Å². The number of rotatable bonds is 10. The third-order valence-corrected chi connectivity index (χ3v) is 7.23. The summed E-state index contributed by atoms with van der Waals surface area (Å²) in [4.78, 5) is 19.4. The van der Waals surface area contributed by atoms with Gasteiger partial charge in [-0.2, -0.15) is 0 Å². The Balaban J connectivity index is 1.29. The van der Waals surface area contributed by atoms with Crippen molar-refractivity contribution in [2.45, 2.75) is 25.4 Å². The van der Waals surface area contributed by atoms with E-state index in [4.69, 9.17) is 9.47 Å². The van der Waals surface area contributed by atoms with E-state index in [1.165, 1.54) is 24.2 Å². The first-order valence-corrected chi connectivity index (χ1v) is 13.2. The Morgan fingerprint density at radius 3 is 2.57 bits per heavy atom. The number of anilines is 1. The van der Waals surface area contributed by atoms with Gasteiger partial charge in [-0.15, -0.1) is 10.2 Å². The average molecular weight is 516 g/mol. The summed E-state index contributed by atoms with van der Waals surface area (Å²) in [7, 11) is 1.58. The standard InChI is InChI=1S/C28H29N5O3S/c1-35-25-19-22(26(34)30-28-32-31-27(37-28)21-11-14-29-15-12-21)9-10-24(25)36-23(20-7-3-2-4-8-20)13-18-33-16-5-6-17-33/h2-4,7-12,14-15,19,23H,5-6,13,16-18H2,1H3,(H,30,32,34)/t23-/m1/s1. The lowest BCUT2D eigenvalue weighted by Crippen LogP contribution is -2.23. The molecular weight excluding hydrogens is 486 g/mol. The molecule has 0 aliphatic carbocycles. The number of carbonyl (C=O) groups is 1. The molecule has 190 valence electrons. The fourth-order valence-corrected chi connectivity index (χ4v) is 5.13. The molecule has 37 heavy (non-hydrogen) atoms. The van der Waals surface area contributed by atoms with Crippen molar-refractivity contribution < 1.29 is 14.3 Å². The minimum atomic E-state index is -0.295. The summed E-state index contributed by atoms with van der Waals surface area (Å²) in [6.07, 6.45) is 6.65. The number of hydrogen-bond acceptors (Lipinski definition) is 8. The van der Waals surface area contributed by atoms with Gasteiger partial charge in [0.2, 0.25) is 5.13 Å². The normalized spacial score (nSPS) is 14.3. The maximum Gasteiger partial charge on any atom is 0.257 e. The molecule has 1 saturated heterocycles. The SMILES string of the molecule is COc1cc(C(=O)Nc2nnc(-c3ccncc3)s2)ccc1O[C@H](CCN1CCCC1)c1ccccc1. The second-order valence-electron chi connectivity index (χ2n) is 8.82. The van der Waals surface area contributed by atoms with Crippen LogP contribution >= 0.6 is 11.3 Å². The second kappa shape index (κ2) is 11.9. The van der Waals surface area contributed by atoms with Crippen molar-refractivity contribution in [3.05, 3.63) is 84.2 Å². The summed E-state index contributed by atoms with van der Waals surface area (Å²) in [6.45, 7) is 3.27. The first-order chi connectivity index (χ1) is 18.2. The molecule has 1 atom stereocenters. The zero-order valence-electron chi connectivity index (χ0n) is 20.7. The number of aromatic nitrogens is 3. The first kappa shape index (κ1) is 24.9. The molecule has 2 aromatic heterocycles. The molecule has 0 spiro atoms. The molecule has 0 bridgehead atoms. The van der Waals surface area contributed by atoms with Crippen LogP contribution in [0.4, 0.5) is 5.13 Å². The molecule has 1 fully saturated rings. The number of carbonyl (C=O) groups excluding carboxylic acids is 1. The monoisotopic (exact) mass is 515 g/mol. The molecule has 9 heteroatoms. The van der Waals surface area contributed by atoms with Gasteiger partial charge in [0.15, 0.2) is 11.5 Å². The lowest BCUT2D eigenvalue weighted by molar-refractivity contribution is 0.102. The number of nitrogens with zero attached hydrogens (tertiary/aromatic N) is 4. The molecule has 1 amide bonds. The number of hydrogen-bond donors (Lipinski definition) is 1. The highest BCUT2D eigenvalue weighted by Crippen LogP contribution is 2.34. The number of benzene rings is 2. The Morgan fingerprint density at radius 2 is 1.81 bits per heavy atom. The predicted molar refractivity (Wildman–Crippen MR) is 144 cm³/mol. The van der Waals surface area contributed by atoms with Crippen molar-refractivity contribution in [1.29, 1.82) is 0 Å². The van der Waals surface area contributed by atoms with Crippen LogP contribution in [-0.4, -0.2) is 52.7 Å². The van der Waals surface area contributed by atoms with Gasteiger partial charge in [0, 0.05) is 36.5 Å². The van der Waals surface area contributed by atoms with Gasteiger partial charge in [0.05, 0.1) is 7.11 Å². The Hall–Kier alpha value is -3.82. The van der Waals surface area contributed by atoms with E-state index in [0.29, 0.717) is 27.2 Å². The Morgan fingerprint density at radius 1 is 1.03 bits per heavy atom. The summed E-state index contributed by atoms with van der Waals surface area (Å²) in [5.41, 5.74) is 2.46. The average Bonchev–Trinajstić information content (AvgIpc) is 3.64. The van der Waals surface area contributed by atoms with Gasteiger partial charge >= 0.3 is 0 Å². The Bertz CT molecular complexity index is 1310. The largest absolute Gasteiger partial charge is 0.493 e. The third-order valence-electron chi connectivity index (χ3n) is 6.35. The molecule has 8 nitrogen and oxygen atoms in total. The van der Waals surface area contributed by atoms with Crippen molar-refractivity contribution >= 4 is 22.4 Å². The second-order valence-corrected chi connectivity index (χ2v) is 9.80. The van der Waals surface area contributed by atoms with Crippen molar-refractivity contribution in [2.75, 3.05) is 32.1 Å². The maximum absolute atomic E-state index is 12.9. The van der Waals surface area contributed by atoms with E-state index >= 15 is 0 Å². The van der Waals surface area contributed by atoms with Crippen molar-refractivity contribution in [3.63, 3.8) is 0 Å². The number of ether oxygens (including phenoxy) is 2. The van der Waals surface area contributed by atoms with Crippen LogP contribution in [0, 0.1) is 0 Å². The quantitative estimate of drug-likeness (QED) is 0.300. The molecule has 0 radical (unpaired) electrons. The van der Waals surface area contributed by atoms with Crippen molar-refractivity contribution in [2.24, 2.45) is 0 Å². The summed E-state index contributed by atoms with van der Waals surface area (Å²) in [5, 5.41) is 12.2. The molecule has 3 heterocycles. The van der Waals surface area contributed by atoms with E-state index in [0.717, 1.165) is 37.2 Å². The summed E-state index contributed by atoms with van der Waals surface area (Å²) in [5.74, 6) is 0.811. The van der Waals surface area contributed by atoms with Crippen LogP contribution in [0.3, 0.4) is 0 Å². The summed E-state index contributed by atoms with van der Waals surface area (Å²) in [6, 6.07) is 19.2. The lowest BCUT2D eigenvalue weighted by atomic mass is 10.1. The van der Waals surface area contributed by atoms with E-state index in [-0.39, 0.29) is 12.0 Å². The predicted octanol–water partition coefficient (Wildman–Crippen LogP) is 5.47. The van der Waals surface area contributed by atoms with Gasteiger partial charge < -0.3 is 14.4 Å². The fraction of sp³-hybridized carbons (Fsp3) is 0.286. The molecule has 0 saturated carbocycles. The lowest BCUT2D eigenvalue weighted by Gasteiger charge is -2.24. The molecule has 0 unspecified atom stereocenters. The molecule has 1 aliphatic rings. The zero-order chi connectivity index (χ0) is 25.5. The molecule has 1 aliphatic heterocycles. The van der Waals surface area contributed by atoms with E-state index in [2.05, 4.69) is 37.5 Å². The number of amides is 1. The van der Waals surface area contributed by atoms with Crippen LogP contribution in [0.25, 0.3) is 10.6 Å². The molecule has 4 aromatic rings. The van der Waals surface area contributed by atoms with Crippen LogP contribution in [0.15, 0.2) is 73.1 Å². The van der Waals surface area contributed by atoms with Gasteiger partial charge in [-0.1, -0.05) is 41.7 Å². The summed E-state index contributed by atoms with van der Waals surface area (Å²) >= 11 is 1.30. The minimum absolute atomic E-state index is 0.122. The summed E-state index contributed by atoms with van der Waals surface area (Å²) < 4.78 is 12.1. The van der Waals surface area contributed by atoms with Gasteiger partial charge in [-0.3, -0.25) is 15.1 Å². The van der Waals surface area contributed by atoms with Crippen LogP contribution in [0.1, 0.15) is 41.3 Å². The fourth-order valence-electron chi connectivity index (χ4n) is 4.38. The highest BCUT2D eigenvalue weighted by Gasteiger charge is 2.20. The smallest absolute Gasteiger partial charge is 0.257 e. The Kier molecular flexibility index (Phi) is 8.02. The number of nitrogens with one attached hydrogen (secondary N) is 1.